The molecule has 0 unspecified atom stereocenters. The van der Waals surface area contributed by atoms with Gasteiger partial charge in [-0.15, -0.1) is 0 Å². The Hall–Kier alpha value is -2.60. The topological polar surface area (TPSA) is 58.4 Å². The van der Waals surface area contributed by atoms with Crippen molar-refractivity contribution < 1.29 is 14.2 Å². The molecule has 0 spiro atoms. The van der Waals surface area contributed by atoms with Crippen molar-refractivity contribution in [1.82, 2.24) is 14.8 Å². The fourth-order valence-corrected chi connectivity index (χ4v) is 3.00. The molecule has 0 aliphatic carbocycles. The Morgan fingerprint density at radius 3 is 3.00 bits per heavy atom. The maximum absolute atomic E-state index is 6.06. The first-order chi connectivity index (χ1) is 12.6. The summed E-state index contributed by atoms with van der Waals surface area (Å²) in [5.41, 5.74) is 4.34. The zero-order valence-electron chi connectivity index (χ0n) is 15.6. The number of hydrogen-bond donors (Lipinski definition) is 0. The predicted molar refractivity (Wildman–Crippen MR) is 101 cm³/mol. The van der Waals surface area contributed by atoms with E-state index in [4.69, 9.17) is 14.2 Å². The van der Waals surface area contributed by atoms with Crippen LogP contribution in [0.2, 0.25) is 0 Å². The summed E-state index contributed by atoms with van der Waals surface area (Å²) in [6.45, 7) is 9.84. The highest BCUT2D eigenvalue weighted by atomic mass is 16.5. The molecule has 0 atom stereocenters. The lowest BCUT2D eigenvalue weighted by atomic mass is 10.0. The lowest BCUT2D eigenvalue weighted by Gasteiger charge is -2.23. The lowest BCUT2D eigenvalue weighted by molar-refractivity contribution is 0.155. The highest BCUT2D eigenvalue weighted by Gasteiger charge is 2.20. The van der Waals surface area contributed by atoms with Gasteiger partial charge < -0.3 is 14.2 Å². The van der Waals surface area contributed by atoms with Crippen molar-refractivity contribution in [3.63, 3.8) is 0 Å². The number of rotatable bonds is 7. The summed E-state index contributed by atoms with van der Waals surface area (Å²) in [4.78, 5) is 4.23. The Morgan fingerprint density at radius 1 is 1.42 bits per heavy atom. The molecule has 1 aliphatic heterocycles. The Bertz CT molecular complexity index is 808. The number of hydrogen-bond acceptors (Lipinski definition) is 5. The van der Waals surface area contributed by atoms with Gasteiger partial charge in [0.15, 0.2) is 0 Å². The van der Waals surface area contributed by atoms with Gasteiger partial charge in [-0.25, -0.2) is 4.98 Å². The molecule has 0 N–H and O–H groups in total. The molecule has 1 aliphatic rings. The van der Waals surface area contributed by atoms with Gasteiger partial charge in [0.1, 0.15) is 12.4 Å². The second-order valence-corrected chi connectivity index (χ2v) is 6.40. The van der Waals surface area contributed by atoms with E-state index >= 15 is 0 Å². The van der Waals surface area contributed by atoms with Crippen LogP contribution in [0.1, 0.15) is 37.6 Å². The van der Waals surface area contributed by atoms with Gasteiger partial charge >= 0.3 is 0 Å². The van der Waals surface area contributed by atoms with Crippen LogP contribution in [0.25, 0.3) is 11.6 Å². The Kier molecular flexibility index (Phi) is 5.73. The first kappa shape index (κ1) is 18.2. The average Bonchev–Trinajstić information content (AvgIpc) is 3.16. The minimum atomic E-state index is 0.287. The van der Waals surface area contributed by atoms with Gasteiger partial charge in [-0.1, -0.05) is 12.7 Å². The van der Waals surface area contributed by atoms with Gasteiger partial charge in [0.25, 0.3) is 0 Å². The third kappa shape index (κ3) is 3.80. The maximum atomic E-state index is 6.06. The molecule has 6 heteroatoms. The summed E-state index contributed by atoms with van der Waals surface area (Å²) >= 11 is 0. The van der Waals surface area contributed by atoms with Crippen molar-refractivity contribution >= 4 is 11.6 Å². The maximum Gasteiger partial charge on any atom is 0.213 e. The van der Waals surface area contributed by atoms with Crippen LogP contribution >= 0.6 is 0 Å². The fraction of sp³-hybridized carbons (Fsp3) is 0.400. The van der Waals surface area contributed by atoms with Crippen LogP contribution in [0.3, 0.4) is 0 Å². The van der Waals surface area contributed by atoms with Gasteiger partial charge in [0.05, 0.1) is 32.2 Å². The molecule has 0 radical (unpaired) electrons. The van der Waals surface area contributed by atoms with Crippen LogP contribution in [0.5, 0.6) is 11.6 Å². The number of nitrogens with zero attached hydrogens (tertiary/aromatic N) is 3. The third-order valence-corrected chi connectivity index (χ3v) is 4.39. The average molecular weight is 355 g/mol. The minimum absolute atomic E-state index is 0.287. The van der Waals surface area contributed by atoms with E-state index in [2.05, 4.69) is 30.5 Å². The molecular formula is C20H25N3O3. The summed E-state index contributed by atoms with van der Waals surface area (Å²) in [5, 5.41) is 4.44. The second kappa shape index (κ2) is 8.19. The zero-order valence-corrected chi connectivity index (χ0v) is 15.6. The SMILES string of the molecule is C=Cc1cc(OC)ncc1OCC1=C(c2ccnn2C(C)C)COCC1. The van der Waals surface area contributed by atoms with Gasteiger partial charge in [-0.3, -0.25) is 4.68 Å². The fourth-order valence-electron chi connectivity index (χ4n) is 3.00. The largest absolute Gasteiger partial charge is 0.487 e. The van der Waals surface area contributed by atoms with Crippen LogP contribution in [0.4, 0.5) is 0 Å². The van der Waals surface area contributed by atoms with Crippen molar-refractivity contribution in [1.29, 1.82) is 0 Å². The van der Waals surface area contributed by atoms with E-state index < -0.39 is 0 Å². The summed E-state index contributed by atoms with van der Waals surface area (Å²) in [6.07, 6.45) is 6.09. The molecule has 2 aromatic rings. The van der Waals surface area contributed by atoms with Crippen molar-refractivity contribution in [3.8, 4) is 11.6 Å². The normalized spacial score (nSPS) is 14.6. The highest BCUT2D eigenvalue weighted by Crippen LogP contribution is 2.29. The monoisotopic (exact) mass is 355 g/mol. The number of pyridine rings is 1. The van der Waals surface area contributed by atoms with Crippen LogP contribution in [-0.4, -0.2) is 41.7 Å². The standard InChI is InChI=1S/C20H25N3O3/c1-5-15-10-20(24-4)21-11-19(15)26-12-16-7-9-25-13-17(16)18-6-8-22-23(18)14(2)3/h5-6,8,10-11,14H,1,7,9,12-13H2,2-4H3. The number of ether oxygens (including phenoxy) is 3. The first-order valence-corrected chi connectivity index (χ1v) is 8.75. The summed E-state index contributed by atoms with van der Waals surface area (Å²) < 4.78 is 18.9. The van der Waals surface area contributed by atoms with Crippen LogP contribution in [0, 0.1) is 0 Å². The lowest BCUT2D eigenvalue weighted by Crippen LogP contribution is -2.18. The summed E-state index contributed by atoms with van der Waals surface area (Å²) in [7, 11) is 1.59. The van der Waals surface area contributed by atoms with E-state index in [1.807, 2.05) is 23.0 Å². The van der Waals surface area contributed by atoms with Crippen molar-refractivity contribution in [2.24, 2.45) is 0 Å². The van der Waals surface area contributed by atoms with E-state index in [1.165, 1.54) is 5.57 Å². The molecule has 138 valence electrons. The molecule has 0 amide bonds. The highest BCUT2D eigenvalue weighted by molar-refractivity contribution is 5.68. The van der Waals surface area contributed by atoms with Crippen LogP contribution in [0.15, 0.2) is 36.7 Å². The third-order valence-electron chi connectivity index (χ3n) is 4.39. The minimum Gasteiger partial charge on any atom is -0.487 e. The van der Waals surface area contributed by atoms with Gasteiger partial charge in [0.2, 0.25) is 5.88 Å². The Balaban J connectivity index is 1.86. The van der Waals surface area contributed by atoms with E-state index in [0.29, 0.717) is 31.5 Å². The number of methoxy groups -OCH3 is 1. The first-order valence-electron chi connectivity index (χ1n) is 8.75. The van der Waals surface area contributed by atoms with E-state index in [1.54, 1.807) is 19.4 Å². The molecule has 0 saturated carbocycles. The van der Waals surface area contributed by atoms with E-state index in [0.717, 1.165) is 23.3 Å². The van der Waals surface area contributed by atoms with Crippen molar-refractivity contribution in [2.75, 3.05) is 26.9 Å². The molecule has 0 fully saturated rings. The molecular weight excluding hydrogens is 330 g/mol. The van der Waals surface area contributed by atoms with Gasteiger partial charge in [0, 0.05) is 29.4 Å². The Morgan fingerprint density at radius 2 is 2.27 bits per heavy atom. The molecule has 0 saturated heterocycles. The number of aromatic nitrogens is 3. The zero-order chi connectivity index (χ0) is 18.5. The summed E-state index contributed by atoms with van der Waals surface area (Å²) in [5.74, 6) is 1.23. The molecule has 0 aromatic carbocycles. The quantitative estimate of drug-likeness (QED) is 0.757. The molecule has 0 bridgehead atoms. The molecule has 3 rings (SSSR count). The molecule has 6 nitrogen and oxygen atoms in total. The van der Waals surface area contributed by atoms with Crippen LogP contribution < -0.4 is 9.47 Å². The van der Waals surface area contributed by atoms with E-state index in [9.17, 15) is 0 Å². The molecule has 3 heterocycles. The smallest absolute Gasteiger partial charge is 0.213 e. The molecule has 2 aromatic heterocycles. The predicted octanol–water partition coefficient (Wildman–Crippen LogP) is 3.76. The Labute approximate surface area is 154 Å². The summed E-state index contributed by atoms with van der Waals surface area (Å²) in [6, 6.07) is 4.14. The second-order valence-electron chi connectivity index (χ2n) is 6.40. The van der Waals surface area contributed by atoms with Gasteiger partial charge in [-0.05, 0) is 31.9 Å². The van der Waals surface area contributed by atoms with E-state index in [-0.39, 0.29) is 6.04 Å². The van der Waals surface area contributed by atoms with Crippen molar-refractivity contribution in [3.05, 3.63) is 47.9 Å². The van der Waals surface area contributed by atoms with Gasteiger partial charge in [-0.2, -0.15) is 5.10 Å². The van der Waals surface area contributed by atoms with Crippen molar-refractivity contribution in [2.45, 2.75) is 26.3 Å². The molecule has 26 heavy (non-hydrogen) atoms. The van der Waals surface area contributed by atoms with Crippen LogP contribution in [-0.2, 0) is 4.74 Å².